The second-order valence-corrected chi connectivity index (χ2v) is 4.73. The first-order valence-electron chi connectivity index (χ1n) is 6.49. The van der Waals surface area contributed by atoms with Gasteiger partial charge in [0.05, 0.1) is 17.1 Å². The van der Waals surface area contributed by atoms with Crippen LogP contribution in [0.3, 0.4) is 0 Å². The number of anilines is 1. The molecule has 5 heteroatoms. The molecular weight excluding hydrogens is 264 g/mol. The number of hydrogen-bond acceptors (Lipinski definition) is 5. The smallest absolute Gasteiger partial charge is 0.313 e. The third-order valence-corrected chi connectivity index (χ3v) is 3.20. The van der Waals surface area contributed by atoms with Gasteiger partial charge in [-0.15, -0.1) is 0 Å². The second kappa shape index (κ2) is 5.20. The van der Waals surface area contributed by atoms with Gasteiger partial charge in [0.2, 0.25) is 0 Å². The molecule has 3 aromatic rings. The van der Waals surface area contributed by atoms with Gasteiger partial charge >= 0.3 is 6.01 Å². The average molecular weight is 278 g/mol. The van der Waals surface area contributed by atoms with Gasteiger partial charge in [0.15, 0.2) is 0 Å². The minimum Gasteiger partial charge on any atom is -0.479 e. The fourth-order valence-electron chi connectivity index (χ4n) is 2.20. The highest BCUT2D eigenvalue weighted by atomic mass is 16.3. The Morgan fingerprint density at radius 3 is 2.29 bits per heavy atom. The fourth-order valence-corrected chi connectivity index (χ4v) is 2.20. The van der Waals surface area contributed by atoms with Crippen LogP contribution in [0.5, 0.6) is 6.01 Å². The van der Waals surface area contributed by atoms with Crippen LogP contribution in [0.4, 0.5) is 5.69 Å². The highest BCUT2D eigenvalue weighted by molar-refractivity contribution is 5.77. The van der Waals surface area contributed by atoms with Crippen LogP contribution in [0.2, 0.25) is 0 Å². The van der Waals surface area contributed by atoms with Crippen LogP contribution < -0.4 is 5.73 Å². The van der Waals surface area contributed by atoms with E-state index in [1.54, 1.807) is 12.4 Å². The highest BCUT2D eigenvalue weighted by Gasteiger charge is 2.11. The van der Waals surface area contributed by atoms with Crippen molar-refractivity contribution >= 4 is 5.69 Å². The minimum atomic E-state index is -0.255. The van der Waals surface area contributed by atoms with Crippen molar-refractivity contribution in [2.24, 2.45) is 0 Å². The first-order valence-corrected chi connectivity index (χ1v) is 6.49. The normalized spacial score (nSPS) is 10.5. The lowest BCUT2D eigenvalue weighted by atomic mass is 10.0. The lowest BCUT2D eigenvalue weighted by molar-refractivity contribution is 0.430. The van der Waals surface area contributed by atoms with Crippen molar-refractivity contribution in [1.29, 1.82) is 0 Å². The van der Waals surface area contributed by atoms with Gasteiger partial charge < -0.3 is 10.8 Å². The molecule has 5 nitrogen and oxygen atoms in total. The molecule has 0 aliphatic rings. The van der Waals surface area contributed by atoms with Gasteiger partial charge in [-0.1, -0.05) is 30.3 Å². The minimum absolute atomic E-state index is 0.255. The number of rotatable bonds is 2. The molecule has 2 heterocycles. The topological polar surface area (TPSA) is 84.9 Å². The molecule has 0 aliphatic carbocycles. The molecule has 0 saturated carbocycles. The summed E-state index contributed by atoms with van der Waals surface area (Å²) in [4.78, 5) is 12.2. The maximum absolute atomic E-state index is 9.19. The van der Waals surface area contributed by atoms with Crippen LogP contribution in [0.1, 0.15) is 5.56 Å². The van der Waals surface area contributed by atoms with Gasteiger partial charge in [-0.3, -0.25) is 0 Å². The Bertz CT molecular complexity index is 770. The molecule has 0 fully saturated rings. The van der Waals surface area contributed by atoms with E-state index in [0.29, 0.717) is 5.69 Å². The summed E-state index contributed by atoms with van der Waals surface area (Å²) in [6, 6.07) is 11.4. The molecule has 0 aliphatic heterocycles. The van der Waals surface area contributed by atoms with Crippen molar-refractivity contribution in [3.63, 3.8) is 0 Å². The lowest BCUT2D eigenvalue weighted by Crippen LogP contribution is -1.99. The van der Waals surface area contributed by atoms with Crippen LogP contribution in [-0.2, 0) is 0 Å². The first-order chi connectivity index (χ1) is 10.1. The number of nitrogens with zero attached hydrogens (tertiary/aromatic N) is 3. The Labute approximate surface area is 122 Å². The lowest BCUT2D eigenvalue weighted by Gasteiger charge is -2.11. The summed E-state index contributed by atoms with van der Waals surface area (Å²) in [5, 5.41) is 9.19. The van der Waals surface area contributed by atoms with E-state index in [9.17, 15) is 5.11 Å². The van der Waals surface area contributed by atoms with Crippen LogP contribution in [0, 0.1) is 6.92 Å². The molecule has 21 heavy (non-hydrogen) atoms. The van der Waals surface area contributed by atoms with Crippen LogP contribution in [0.15, 0.2) is 48.8 Å². The van der Waals surface area contributed by atoms with Crippen molar-refractivity contribution < 1.29 is 5.11 Å². The predicted octanol–water partition coefficient (Wildman–Crippen LogP) is 2.80. The van der Waals surface area contributed by atoms with E-state index in [1.807, 2.05) is 43.3 Å². The summed E-state index contributed by atoms with van der Waals surface area (Å²) >= 11 is 0. The summed E-state index contributed by atoms with van der Waals surface area (Å²) in [7, 11) is 0. The number of benzene rings is 1. The Morgan fingerprint density at radius 1 is 0.952 bits per heavy atom. The summed E-state index contributed by atoms with van der Waals surface area (Å²) < 4.78 is 0. The molecule has 3 rings (SSSR count). The zero-order valence-corrected chi connectivity index (χ0v) is 11.5. The molecule has 0 radical (unpaired) electrons. The molecule has 3 N–H and O–H groups in total. The van der Waals surface area contributed by atoms with Crippen molar-refractivity contribution in [3.05, 3.63) is 54.4 Å². The molecule has 2 aromatic heterocycles. The molecular formula is C16H14N4O. The third-order valence-electron chi connectivity index (χ3n) is 3.20. The largest absolute Gasteiger partial charge is 0.479 e. The Kier molecular flexibility index (Phi) is 3.23. The van der Waals surface area contributed by atoms with Crippen LogP contribution >= 0.6 is 0 Å². The number of aromatic hydroxyl groups is 1. The van der Waals surface area contributed by atoms with Gasteiger partial charge in [0, 0.05) is 23.5 Å². The number of pyridine rings is 1. The molecule has 104 valence electrons. The Morgan fingerprint density at radius 2 is 1.62 bits per heavy atom. The number of aromatic nitrogens is 3. The third kappa shape index (κ3) is 2.53. The van der Waals surface area contributed by atoms with E-state index in [-0.39, 0.29) is 6.01 Å². The van der Waals surface area contributed by atoms with Crippen molar-refractivity contribution in [1.82, 2.24) is 15.0 Å². The van der Waals surface area contributed by atoms with Crippen molar-refractivity contribution in [2.75, 3.05) is 5.73 Å². The maximum Gasteiger partial charge on any atom is 0.313 e. The van der Waals surface area contributed by atoms with E-state index in [1.165, 1.54) is 0 Å². The zero-order valence-electron chi connectivity index (χ0n) is 11.5. The van der Waals surface area contributed by atoms with Gasteiger partial charge in [-0.25, -0.2) is 15.0 Å². The molecule has 0 spiro atoms. The monoisotopic (exact) mass is 278 g/mol. The summed E-state index contributed by atoms with van der Waals surface area (Å²) in [5.74, 6) is 0. The van der Waals surface area contributed by atoms with Gasteiger partial charge in [-0.2, -0.15) is 0 Å². The average Bonchev–Trinajstić information content (AvgIpc) is 2.49. The highest BCUT2D eigenvalue weighted by Crippen LogP contribution is 2.30. The standard InChI is InChI=1S/C16H14N4O/c1-10-7-13(17)15(11-5-3-2-4-6-11)20-14(10)12-8-18-16(21)19-9-12/h2-9H,17H2,1H3,(H,18,19,21). The molecule has 0 bridgehead atoms. The van der Waals surface area contributed by atoms with Crippen LogP contribution in [0.25, 0.3) is 22.5 Å². The predicted molar refractivity (Wildman–Crippen MR) is 81.5 cm³/mol. The van der Waals surface area contributed by atoms with Crippen LogP contribution in [-0.4, -0.2) is 20.1 Å². The van der Waals surface area contributed by atoms with E-state index in [2.05, 4.69) is 15.0 Å². The number of aryl methyl sites for hydroxylation is 1. The molecule has 0 unspecified atom stereocenters. The number of nitrogens with two attached hydrogens (primary N) is 1. The Balaban J connectivity index is 2.16. The quantitative estimate of drug-likeness (QED) is 0.753. The van der Waals surface area contributed by atoms with Gasteiger partial charge in [0.25, 0.3) is 0 Å². The van der Waals surface area contributed by atoms with E-state index in [0.717, 1.165) is 28.1 Å². The SMILES string of the molecule is Cc1cc(N)c(-c2ccccc2)nc1-c1cnc(O)nc1. The summed E-state index contributed by atoms with van der Waals surface area (Å²) in [5.41, 5.74) is 10.8. The van der Waals surface area contributed by atoms with E-state index in [4.69, 9.17) is 5.73 Å². The van der Waals surface area contributed by atoms with Gasteiger partial charge in [0.1, 0.15) is 0 Å². The number of hydrogen-bond donors (Lipinski definition) is 2. The number of nitrogen functional groups attached to an aromatic ring is 1. The van der Waals surface area contributed by atoms with Gasteiger partial charge in [-0.05, 0) is 18.6 Å². The zero-order chi connectivity index (χ0) is 14.8. The van der Waals surface area contributed by atoms with E-state index >= 15 is 0 Å². The summed E-state index contributed by atoms with van der Waals surface area (Å²) in [6.07, 6.45) is 3.09. The second-order valence-electron chi connectivity index (χ2n) is 4.73. The van der Waals surface area contributed by atoms with Crippen molar-refractivity contribution in [3.8, 4) is 28.5 Å². The summed E-state index contributed by atoms with van der Waals surface area (Å²) in [6.45, 7) is 1.93. The van der Waals surface area contributed by atoms with Crippen molar-refractivity contribution in [2.45, 2.75) is 6.92 Å². The fraction of sp³-hybridized carbons (Fsp3) is 0.0625. The molecule has 1 aromatic carbocycles. The van der Waals surface area contributed by atoms with E-state index < -0.39 is 0 Å². The molecule has 0 amide bonds. The maximum atomic E-state index is 9.19. The molecule has 0 atom stereocenters. The first kappa shape index (κ1) is 13.1. The Hall–Kier alpha value is -2.95. The molecule has 0 saturated heterocycles.